The van der Waals surface area contributed by atoms with E-state index in [2.05, 4.69) is 61.3 Å². The van der Waals surface area contributed by atoms with Crippen LogP contribution < -0.4 is 129 Å². The Kier molecular flexibility index (Phi) is 25.6. The minimum atomic E-state index is -4.65. The number of hydrogen-bond acceptors (Lipinski definition) is 28. The van der Waals surface area contributed by atoms with E-state index in [0.29, 0.717) is 34.2 Å². The number of amides is 2. The normalized spacial score (nSPS) is 15.1. The Hall–Kier alpha value is -7.23. The summed E-state index contributed by atoms with van der Waals surface area (Å²) in [4.78, 5) is 24.4. The molecule has 4 N–H and O–H groups in total. The maximum atomic E-state index is 13.0. The number of aromatic nitrogens is 4. The average molecular weight is 1430 g/mol. The smallest absolute Gasteiger partial charge is 0.871 e. The van der Waals surface area contributed by atoms with Crippen molar-refractivity contribution >= 4 is 109 Å². The first-order valence-electron chi connectivity index (χ1n) is 25.2. The summed E-state index contributed by atoms with van der Waals surface area (Å²) >= 11 is 0. The average Bonchev–Trinajstić information content (AvgIpc) is 1.68. The number of hydrazone groups is 2. The number of hydrogen-bond donors (Lipinski definition) is 2. The minimum Gasteiger partial charge on any atom is -0.871 e. The van der Waals surface area contributed by atoms with E-state index in [0.717, 1.165) is 80.0 Å². The van der Waals surface area contributed by atoms with Gasteiger partial charge in [-0.3, -0.25) is 9.59 Å². The number of nitrogens with two attached hydrogens (primary N) is 2. The van der Waals surface area contributed by atoms with Gasteiger partial charge in [0.15, 0.2) is 12.1 Å². The van der Waals surface area contributed by atoms with Crippen LogP contribution in [0.4, 0.5) is 45.5 Å². The molecule has 0 fully saturated rings. The molecule has 6 aromatic carbocycles. The van der Waals surface area contributed by atoms with Crippen LogP contribution in [0, 0.1) is 13.8 Å². The Morgan fingerprint density at radius 2 is 0.723 bits per heavy atom. The summed E-state index contributed by atoms with van der Waals surface area (Å²) in [5.41, 5.74) is 2.37. The van der Waals surface area contributed by atoms with E-state index in [9.17, 15) is 72.8 Å². The summed E-state index contributed by atoms with van der Waals surface area (Å²) < 4.78 is 115. The quantitative estimate of drug-likeness (QED) is 0.0522. The molecule has 0 spiro atoms. The number of carbonyl (C=O) groups excluding carboxylic acids is 2. The molecule has 42 heteroatoms. The van der Waals surface area contributed by atoms with Gasteiger partial charge in [0.2, 0.25) is 20.0 Å². The third-order valence-corrected chi connectivity index (χ3v) is 16.2. The molecular formula is C52H40CoN18Na3O16S4. The van der Waals surface area contributed by atoms with Crippen molar-refractivity contribution in [1.82, 2.24) is 19.6 Å². The fraction of sp³-hybridized carbons (Fsp3) is 0.115. The van der Waals surface area contributed by atoms with Crippen LogP contribution in [0.5, 0.6) is 23.3 Å². The third-order valence-electron chi connectivity index (χ3n) is 12.7. The van der Waals surface area contributed by atoms with Crippen molar-refractivity contribution in [2.45, 2.75) is 59.4 Å². The van der Waals surface area contributed by atoms with E-state index in [1.807, 2.05) is 0 Å². The van der Waals surface area contributed by atoms with Crippen LogP contribution in [0.2, 0.25) is 0 Å². The molecule has 2 amide bonds. The summed E-state index contributed by atoms with van der Waals surface area (Å²) in [7, 11) is -17.4. The van der Waals surface area contributed by atoms with Crippen molar-refractivity contribution in [3.8, 4) is 34.6 Å². The number of sulfonamides is 2. The molecular weight excluding hydrogens is 1390 g/mol. The van der Waals surface area contributed by atoms with Gasteiger partial charge in [-0.2, -0.15) is 61.1 Å². The molecule has 0 saturated carbocycles. The van der Waals surface area contributed by atoms with Gasteiger partial charge in [0.1, 0.15) is 31.6 Å². The maximum absolute atomic E-state index is 13.0. The zero-order chi connectivity index (χ0) is 65.4. The monoisotopic (exact) mass is 1430 g/mol. The Labute approximate surface area is 610 Å². The van der Waals surface area contributed by atoms with Crippen molar-refractivity contribution in [2.24, 2.45) is 61.4 Å². The van der Waals surface area contributed by atoms with Crippen LogP contribution in [0.1, 0.15) is 25.2 Å². The second-order valence-electron chi connectivity index (χ2n) is 19.0. The van der Waals surface area contributed by atoms with E-state index in [4.69, 9.17) is 10.3 Å². The van der Waals surface area contributed by atoms with E-state index in [1.54, 1.807) is 13.8 Å². The predicted molar refractivity (Wildman–Crippen MR) is 305 cm³/mol. The van der Waals surface area contributed by atoms with Crippen LogP contribution >= 0.6 is 0 Å². The number of rotatable bonds is 16. The van der Waals surface area contributed by atoms with Gasteiger partial charge in [0.05, 0.1) is 87.9 Å². The summed E-state index contributed by atoms with van der Waals surface area (Å²) in [6.45, 7) is 6.18. The fourth-order valence-corrected chi connectivity index (χ4v) is 10.1. The molecule has 4 heterocycles. The molecule has 10 rings (SSSR count). The summed E-state index contributed by atoms with van der Waals surface area (Å²) in [6, 6.07) is 25.4. The third kappa shape index (κ3) is 17.8. The zero-order valence-electron chi connectivity index (χ0n) is 49.7. The molecule has 2 atom stereocenters. The van der Waals surface area contributed by atoms with Gasteiger partial charge < -0.3 is 29.5 Å². The first kappa shape index (κ1) is 77.5. The standard InChI is InChI=1S/2C26H23N9O8S2.Co.3Na/c2*1-14-23(25(37)35(32-14)18-7-9-19(10-8-18)45(41,42)43)30-28-16-3-5-17(6-4-16)34-26(38)24(15(2)33-34)31-29-21-12-11-20(13-22(21)36)44(27,39)40;;;;/h2*3-13,24,36-37H,1-2H3,(H2,27,39,40)(H,41,42,43);;;;/q;;+3;3*+1/p-6. The topological polar surface area (TPSA) is 527 Å². The molecule has 2 aromatic heterocycles. The molecule has 2 unspecified atom stereocenters. The van der Waals surface area contributed by atoms with Gasteiger partial charge in [-0.25, -0.2) is 53.3 Å². The Morgan fingerprint density at radius 3 is 1.01 bits per heavy atom. The minimum absolute atomic E-state index is 0. The van der Waals surface area contributed by atoms with Crippen molar-refractivity contribution in [3.63, 3.8) is 0 Å². The van der Waals surface area contributed by atoms with Crippen molar-refractivity contribution in [3.05, 3.63) is 145 Å². The van der Waals surface area contributed by atoms with E-state index in [1.165, 1.54) is 86.6 Å². The van der Waals surface area contributed by atoms with Crippen LogP contribution in [-0.4, -0.2) is 97.7 Å². The van der Waals surface area contributed by atoms with Crippen LogP contribution in [0.3, 0.4) is 0 Å². The SMILES string of the molecule is CC1=NN(c2ccc(N=Nc3c(C)nn(-c4ccc(S(=O)(=O)[O-])cc4)c3[O-])cc2)C(=O)C1N=Nc1ccc(S(N)(=O)=O)cc1[O-].CC1=NN(c2ccc(N=Nc3c(C)nn(-c4ccc(S(=O)(=O)[O-])cc4)c3[O-])cc2)C(=O)C1N=Nc1ccc(S(N)(=O)=O)cc1[O-].[Co+3].[Na+].[Na+].[Na+]. The number of nitrogens with zero attached hydrogens (tertiary/aromatic N) is 16. The van der Waals surface area contributed by atoms with Gasteiger partial charge >= 0.3 is 105 Å². The number of primary sulfonamides is 2. The number of anilines is 2. The molecule has 2 aliphatic heterocycles. The first-order valence-corrected chi connectivity index (χ1v) is 31.1. The van der Waals surface area contributed by atoms with E-state index in [-0.39, 0.29) is 161 Å². The molecule has 34 nitrogen and oxygen atoms in total. The van der Waals surface area contributed by atoms with Crippen molar-refractivity contribution in [2.75, 3.05) is 10.0 Å². The van der Waals surface area contributed by atoms with Gasteiger partial charge in [-0.15, -0.1) is 10.2 Å². The predicted octanol–water partition coefficient (Wildman–Crippen LogP) is -4.65. The van der Waals surface area contributed by atoms with Gasteiger partial charge in [0, 0.05) is 11.8 Å². The fourth-order valence-electron chi connectivity index (χ4n) is 8.12. The number of benzene rings is 6. The number of aryl methyl sites for hydroxylation is 2. The largest absolute Gasteiger partial charge is 3.00 e. The molecule has 470 valence electrons. The second kappa shape index (κ2) is 31.1. The Balaban J connectivity index is 0.000000327. The molecule has 0 saturated heterocycles. The molecule has 8 aromatic rings. The van der Waals surface area contributed by atoms with Gasteiger partial charge in [-0.1, -0.05) is 11.5 Å². The maximum Gasteiger partial charge on any atom is 3.00 e. The van der Waals surface area contributed by atoms with E-state index < -0.39 is 97.2 Å². The first-order chi connectivity index (χ1) is 42.3. The van der Waals surface area contributed by atoms with Crippen LogP contribution in [0.15, 0.2) is 204 Å². The summed E-state index contributed by atoms with van der Waals surface area (Å²) in [5.74, 6) is -3.85. The molecule has 0 bridgehead atoms. The number of carbonyl (C=O) groups is 2. The van der Waals surface area contributed by atoms with Gasteiger partial charge in [-0.05, 0) is 161 Å². The Morgan fingerprint density at radius 1 is 0.426 bits per heavy atom. The van der Waals surface area contributed by atoms with Crippen molar-refractivity contribution in [1.29, 1.82) is 0 Å². The van der Waals surface area contributed by atoms with Gasteiger partial charge in [0.25, 0.3) is 11.8 Å². The molecule has 0 radical (unpaired) electrons. The summed E-state index contributed by atoms with van der Waals surface area (Å²) in [6.07, 6.45) is 0. The van der Waals surface area contributed by atoms with E-state index >= 15 is 0 Å². The Bertz CT molecular complexity index is 4580. The van der Waals surface area contributed by atoms with Crippen LogP contribution in [-0.2, 0) is 66.7 Å². The van der Waals surface area contributed by atoms with Crippen molar-refractivity contribution < 1.29 is 178 Å². The molecule has 94 heavy (non-hydrogen) atoms. The second-order valence-corrected chi connectivity index (χ2v) is 24.9. The summed E-state index contributed by atoms with van der Waals surface area (Å²) in [5, 5.41) is 111. The molecule has 0 aliphatic carbocycles. The zero-order valence-corrected chi connectivity index (χ0v) is 60.0. The molecule has 2 aliphatic rings. The van der Waals surface area contributed by atoms with Crippen LogP contribution in [0.25, 0.3) is 11.4 Å². The number of azo groups is 4.